The van der Waals surface area contributed by atoms with E-state index in [1.165, 1.54) is 30.6 Å². The molecule has 0 aliphatic carbocycles. The van der Waals surface area contributed by atoms with E-state index >= 15 is 0 Å². The molecule has 0 amide bonds. The lowest BCUT2D eigenvalue weighted by Crippen LogP contribution is -2.05. The summed E-state index contributed by atoms with van der Waals surface area (Å²) in [7, 11) is 0. The van der Waals surface area contributed by atoms with Crippen molar-refractivity contribution >= 4 is 11.9 Å². The van der Waals surface area contributed by atoms with Crippen molar-refractivity contribution in [3.8, 4) is 0 Å². The van der Waals surface area contributed by atoms with Crippen LogP contribution < -0.4 is 0 Å². The molecule has 0 saturated heterocycles. The predicted octanol–water partition coefficient (Wildman–Crippen LogP) is 6.24. The Bertz CT molecular complexity index is 602. The van der Waals surface area contributed by atoms with Crippen molar-refractivity contribution in [2.45, 2.75) is 80.1 Å². The molecule has 0 radical (unpaired) electrons. The molecular weight excluding hydrogens is 352 g/mol. The second-order valence-electron chi connectivity index (χ2n) is 7.44. The third-order valence-electron chi connectivity index (χ3n) is 4.20. The van der Waals surface area contributed by atoms with E-state index in [4.69, 9.17) is 9.47 Å². The minimum absolute atomic E-state index is 0.214. The Labute approximate surface area is 171 Å². The Hall–Kier alpha value is -2.10. The highest BCUT2D eigenvalue weighted by molar-refractivity contribution is 5.66. The maximum atomic E-state index is 11.0. The first kappa shape index (κ1) is 25.9. The van der Waals surface area contributed by atoms with Gasteiger partial charge < -0.3 is 9.47 Å². The first-order chi connectivity index (χ1) is 13.2. The van der Waals surface area contributed by atoms with Gasteiger partial charge in [-0.25, -0.2) is 0 Å². The summed E-state index contributed by atoms with van der Waals surface area (Å²) in [5, 5.41) is 0. The zero-order chi connectivity index (χ0) is 21.4. The fourth-order valence-corrected chi connectivity index (χ4v) is 2.55. The van der Waals surface area contributed by atoms with Crippen LogP contribution in [-0.4, -0.2) is 25.2 Å². The van der Waals surface area contributed by atoms with E-state index in [1.54, 1.807) is 0 Å². The Morgan fingerprint density at radius 1 is 0.643 bits per heavy atom. The Morgan fingerprint density at radius 3 is 1.64 bits per heavy atom. The zero-order valence-corrected chi connectivity index (χ0v) is 18.6. The summed E-state index contributed by atoms with van der Waals surface area (Å²) in [6.07, 6.45) is 14.7. The van der Waals surface area contributed by atoms with Gasteiger partial charge in [0.15, 0.2) is 0 Å². The number of allylic oxidation sites excluding steroid dienone is 6. The van der Waals surface area contributed by atoms with Crippen LogP contribution in [0.5, 0.6) is 0 Å². The predicted molar refractivity (Wildman–Crippen MR) is 116 cm³/mol. The fraction of sp³-hybridized carbons (Fsp3) is 0.583. The smallest absolute Gasteiger partial charge is 0.302 e. The highest BCUT2D eigenvalue weighted by Gasteiger charge is 2.01. The van der Waals surface area contributed by atoms with E-state index in [9.17, 15) is 9.59 Å². The van der Waals surface area contributed by atoms with Crippen molar-refractivity contribution in [3.63, 3.8) is 0 Å². The number of esters is 2. The lowest BCUT2D eigenvalue weighted by molar-refractivity contribution is -0.141. The molecule has 28 heavy (non-hydrogen) atoms. The number of ether oxygens (including phenoxy) is 2. The molecular formula is C24H38O4. The Kier molecular flexibility index (Phi) is 14.7. The van der Waals surface area contributed by atoms with Crippen LogP contribution in [0.25, 0.3) is 0 Å². The summed E-state index contributed by atoms with van der Waals surface area (Å²) >= 11 is 0. The van der Waals surface area contributed by atoms with E-state index in [2.05, 4.69) is 45.9 Å². The molecule has 0 heterocycles. The van der Waals surface area contributed by atoms with Gasteiger partial charge in [-0.1, -0.05) is 34.9 Å². The maximum Gasteiger partial charge on any atom is 0.302 e. The van der Waals surface area contributed by atoms with Crippen molar-refractivity contribution in [2.24, 2.45) is 0 Å². The van der Waals surface area contributed by atoms with Gasteiger partial charge in [0.25, 0.3) is 0 Å². The van der Waals surface area contributed by atoms with E-state index in [1.807, 2.05) is 6.08 Å². The number of hydrogen-bond donors (Lipinski definition) is 0. The summed E-state index contributed by atoms with van der Waals surface area (Å²) in [6.45, 7) is 11.9. The van der Waals surface area contributed by atoms with Crippen molar-refractivity contribution < 1.29 is 19.1 Å². The van der Waals surface area contributed by atoms with Gasteiger partial charge in [0.2, 0.25) is 0 Å². The molecule has 0 aromatic carbocycles. The van der Waals surface area contributed by atoms with Crippen LogP contribution in [0.4, 0.5) is 0 Å². The van der Waals surface area contributed by atoms with E-state index < -0.39 is 0 Å². The highest BCUT2D eigenvalue weighted by atomic mass is 16.5. The summed E-state index contributed by atoms with van der Waals surface area (Å²) in [5.41, 5.74) is 5.15. The molecule has 0 aromatic heterocycles. The summed E-state index contributed by atoms with van der Waals surface area (Å²) < 4.78 is 10.0. The van der Waals surface area contributed by atoms with Crippen LogP contribution >= 0.6 is 0 Å². The number of rotatable bonds is 13. The van der Waals surface area contributed by atoms with Crippen molar-refractivity contribution in [2.75, 3.05) is 13.2 Å². The summed E-state index contributed by atoms with van der Waals surface area (Å²) in [4.78, 5) is 21.9. The molecule has 158 valence electrons. The van der Waals surface area contributed by atoms with Gasteiger partial charge in [-0.2, -0.15) is 0 Å². The van der Waals surface area contributed by atoms with Gasteiger partial charge in [0.1, 0.15) is 13.2 Å². The second-order valence-corrected chi connectivity index (χ2v) is 7.44. The molecule has 0 N–H and O–H groups in total. The SMILES string of the molecule is CC(=O)OC/C=C(\CC/C=C(\C)CC/C=C(\C)CCC=C(C)C)COC(C)=O. The summed E-state index contributed by atoms with van der Waals surface area (Å²) in [5.74, 6) is -0.625. The van der Waals surface area contributed by atoms with E-state index in [-0.39, 0.29) is 25.2 Å². The average molecular weight is 391 g/mol. The molecule has 4 heteroatoms. The molecule has 0 bridgehead atoms. The van der Waals surface area contributed by atoms with Gasteiger partial charge in [0.05, 0.1) is 0 Å². The van der Waals surface area contributed by atoms with Gasteiger partial charge in [-0.15, -0.1) is 0 Å². The van der Waals surface area contributed by atoms with Crippen LogP contribution in [0.1, 0.15) is 80.1 Å². The van der Waals surface area contributed by atoms with Gasteiger partial charge in [0, 0.05) is 13.8 Å². The van der Waals surface area contributed by atoms with Crippen LogP contribution in [0.3, 0.4) is 0 Å². The molecule has 0 saturated carbocycles. The summed E-state index contributed by atoms with van der Waals surface area (Å²) in [6, 6.07) is 0. The minimum atomic E-state index is -0.317. The van der Waals surface area contributed by atoms with Crippen molar-refractivity contribution in [1.29, 1.82) is 0 Å². The number of hydrogen-bond acceptors (Lipinski definition) is 4. The second kappa shape index (κ2) is 15.9. The lowest BCUT2D eigenvalue weighted by atomic mass is 10.0. The Morgan fingerprint density at radius 2 is 1.14 bits per heavy atom. The van der Waals surface area contributed by atoms with Crippen LogP contribution in [0.15, 0.2) is 46.6 Å². The van der Waals surface area contributed by atoms with Gasteiger partial charge in [-0.3, -0.25) is 9.59 Å². The molecule has 0 atom stereocenters. The molecule has 0 fully saturated rings. The third-order valence-corrected chi connectivity index (χ3v) is 4.20. The molecule has 0 unspecified atom stereocenters. The van der Waals surface area contributed by atoms with Crippen LogP contribution in [0, 0.1) is 0 Å². The number of carbonyl (C=O) groups excluding carboxylic acids is 2. The normalized spacial score (nSPS) is 12.6. The molecule has 4 nitrogen and oxygen atoms in total. The highest BCUT2D eigenvalue weighted by Crippen LogP contribution is 2.14. The quantitative estimate of drug-likeness (QED) is 0.276. The molecule has 0 aliphatic rings. The van der Waals surface area contributed by atoms with Crippen LogP contribution in [0.2, 0.25) is 0 Å². The van der Waals surface area contributed by atoms with Crippen LogP contribution in [-0.2, 0) is 19.1 Å². The Balaban J connectivity index is 4.38. The number of carbonyl (C=O) groups is 2. The first-order valence-electron chi connectivity index (χ1n) is 10.1. The first-order valence-corrected chi connectivity index (χ1v) is 10.1. The van der Waals surface area contributed by atoms with E-state index in [0.717, 1.165) is 44.1 Å². The van der Waals surface area contributed by atoms with Crippen molar-refractivity contribution in [1.82, 2.24) is 0 Å². The maximum absolute atomic E-state index is 11.0. The monoisotopic (exact) mass is 390 g/mol. The molecule has 0 aliphatic heterocycles. The minimum Gasteiger partial charge on any atom is -0.462 e. The largest absolute Gasteiger partial charge is 0.462 e. The molecule has 0 rings (SSSR count). The van der Waals surface area contributed by atoms with Crippen molar-refractivity contribution in [3.05, 3.63) is 46.6 Å². The fourth-order valence-electron chi connectivity index (χ4n) is 2.55. The standard InChI is InChI=1S/C24H38O4/c1-19(2)10-7-11-20(3)12-8-13-21(4)14-9-15-24(18-28-23(6)26)16-17-27-22(5)25/h10,12,14,16H,7-9,11,13,15,17-18H2,1-6H3/b20-12+,21-14+,24-16+. The zero-order valence-electron chi connectivity index (χ0n) is 18.6. The lowest BCUT2D eigenvalue weighted by Gasteiger charge is -2.08. The molecule has 0 aromatic rings. The van der Waals surface area contributed by atoms with Gasteiger partial charge in [-0.05, 0) is 77.9 Å². The topological polar surface area (TPSA) is 52.6 Å². The van der Waals surface area contributed by atoms with E-state index in [0.29, 0.717) is 0 Å². The van der Waals surface area contributed by atoms with Gasteiger partial charge >= 0.3 is 11.9 Å². The average Bonchev–Trinajstić information content (AvgIpc) is 2.58. The molecule has 0 spiro atoms. The third kappa shape index (κ3) is 17.3.